The fourth-order valence-corrected chi connectivity index (χ4v) is 10.0. The van der Waals surface area contributed by atoms with Crippen LogP contribution in [0.4, 0.5) is 15.5 Å². The van der Waals surface area contributed by atoms with Crippen LogP contribution in [-0.4, -0.2) is 64.2 Å². The number of hydrogen-bond donors (Lipinski definition) is 3. The molecule has 12 heteroatoms. The molecule has 1 unspecified atom stereocenters. The average Bonchev–Trinajstić information content (AvgIpc) is 3.71. The Morgan fingerprint density at radius 3 is 2.54 bits per heavy atom. The van der Waals surface area contributed by atoms with E-state index in [-0.39, 0.29) is 25.0 Å². The summed E-state index contributed by atoms with van der Waals surface area (Å²) in [5.74, 6) is -1.52. The van der Waals surface area contributed by atoms with E-state index in [2.05, 4.69) is 15.6 Å². The van der Waals surface area contributed by atoms with Gasteiger partial charge in [-0.3, -0.25) is 14.3 Å². The zero-order valence-corrected chi connectivity index (χ0v) is 28.6. The van der Waals surface area contributed by atoms with E-state index >= 15 is 4.11 Å². The molecule has 0 radical (unpaired) electrons. The summed E-state index contributed by atoms with van der Waals surface area (Å²) in [4.78, 5) is 28.4. The van der Waals surface area contributed by atoms with Crippen molar-refractivity contribution in [2.24, 2.45) is 5.92 Å². The second-order valence-corrected chi connectivity index (χ2v) is 17.2. The van der Waals surface area contributed by atoms with E-state index < -0.39 is 43.6 Å². The zero-order chi connectivity index (χ0) is 34.2. The Morgan fingerprint density at radius 2 is 1.83 bits per heavy atom. The van der Waals surface area contributed by atoms with Crippen molar-refractivity contribution in [3.8, 4) is 0 Å². The highest BCUT2D eigenvalue weighted by molar-refractivity contribution is 6.72. The third-order valence-electron chi connectivity index (χ3n) is 9.72. The van der Waals surface area contributed by atoms with E-state index in [9.17, 15) is 19.8 Å². The highest BCUT2D eigenvalue weighted by atomic mass is 28.4. The largest absolute Gasteiger partial charge is 0.395 e. The smallest absolute Gasteiger partial charge is 0.264 e. The van der Waals surface area contributed by atoms with Crippen molar-refractivity contribution >= 4 is 31.6 Å². The molecule has 3 aromatic carbocycles. The van der Waals surface area contributed by atoms with Crippen LogP contribution in [-0.2, 0) is 33.0 Å². The summed E-state index contributed by atoms with van der Waals surface area (Å²) in [6, 6.07) is 24.3. The Morgan fingerprint density at radius 1 is 1.10 bits per heavy atom. The van der Waals surface area contributed by atoms with Crippen molar-refractivity contribution in [2.45, 2.75) is 75.7 Å². The molecule has 2 amide bonds. The molecule has 1 fully saturated rings. The number of aliphatic hydroxyl groups is 2. The Bertz CT molecular complexity index is 1780. The lowest BCUT2D eigenvalue weighted by atomic mass is 9.82. The Balaban J connectivity index is 1.26. The number of hydrogen-bond acceptors (Lipinski definition) is 7. The molecule has 2 aliphatic heterocycles. The molecule has 48 heavy (non-hydrogen) atoms. The number of halogens is 1. The van der Waals surface area contributed by atoms with Gasteiger partial charge >= 0.3 is 0 Å². The second kappa shape index (κ2) is 13.3. The Labute approximate surface area is 280 Å². The maximum atomic E-state index is 16.3. The van der Waals surface area contributed by atoms with Crippen LogP contribution in [0.15, 0.2) is 85.1 Å². The van der Waals surface area contributed by atoms with E-state index in [1.165, 1.54) is 6.92 Å². The fraction of sp³-hybridized carbons (Fsp3) is 0.389. The van der Waals surface area contributed by atoms with Crippen molar-refractivity contribution < 1.29 is 28.6 Å². The van der Waals surface area contributed by atoms with E-state index in [0.717, 1.165) is 16.7 Å². The molecule has 0 saturated carbocycles. The van der Waals surface area contributed by atoms with Crippen LogP contribution in [0.3, 0.4) is 0 Å². The van der Waals surface area contributed by atoms with Gasteiger partial charge in [-0.05, 0) is 55.8 Å². The van der Waals surface area contributed by atoms with Gasteiger partial charge in [-0.25, -0.2) is 0 Å². The lowest BCUT2D eigenvalue weighted by Crippen LogP contribution is -2.45. The third-order valence-corrected chi connectivity index (χ3v) is 12.2. The summed E-state index contributed by atoms with van der Waals surface area (Å²) in [6.07, 6.45) is 0.530. The number of aryl methyl sites for hydroxylation is 1. The van der Waals surface area contributed by atoms with Crippen LogP contribution in [0.1, 0.15) is 48.6 Å². The van der Waals surface area contributed by atoms with E-state index in [1.54, 1.807) is 40.9 Å². The standard InChI is InChI=1S/C36H42FN5O5Si/c1-23-33(48(3,4)37)32(17-18-41-21-30(39-40-41)28(22-43)26-12-6-5-7-13-26)47-36(23)29-15-8-9-16-31(29)42(35(36)46)20-25-11-10-14-27(19-25)38-34(45)24(2)44/h5-16,19,21,23-24,28,32-33,43-44H,17-18,20,22H2,1-4H3,(H,38,45)/t23-,24-,28?,32+,33-,36+/m0/s1. The quantitative estimate of drug-likeness (QED) is 0.149. The minimum Gasteiger partial charge on any atom is -0.395 e. The summed E-state index contributed by atoms with van der Waals surface area (Å²) >= 11 is 0. The van der Waals surface area contributed by atoms with Crippen molar-refractivity contribution in [3.05, 3.63) is 107 Å². The molecule has 1 saturated heterocycles. The van der Waals surface area contributed by atoms with Crippen LogP contribution < -0.4 is 10.2 Å². The number of para-hydroxylation sites is 1. The first-order valence-corrected chi connectivity index (χ1v) is 19.3. The summed E-state index contributed by atoms with van der Waals surface area (Å²) in [6.45, 7) is 7.19. The number of aromatic nitrogens is 3. The number of amides is 2. The molecule has 252 valence electrons. The lowest BCUT2D eigenvalue weighted by molar-refractivity contribution is -0.146. The predicted octanol–water partition coefficient (Wildman–Crippen LogP) is 5.13. The highest BCUT2D eigenvalue weighted by Gasteiger charge is 2.66. The van der Waals surface area contributed by atoms with Gasteiger partial charge in [-0.1, -0.05) is 72.8 Å². The van der Waals surface area contributed by atoms with Gasteiger partial charge < -0.3 is 29.3 Å². The van der Waals surface area contributed by atoms with E-state index in [4.69, 9.17) is 4.74 Å². The molecular formula is C36H42FN5O5Si. The number of nitrogens with zero attached hydrogens (tertiary/aromatic N) is 4. The van der Waals surface area contributed by atoms with Gasteiger partial charge in [0.05, 0.1) is 36.6 Å². The number of nitrogens with one attached hydrogen (secondary N) is 1. The number of carbonyl (C=O) groups excluding carboxylic acids is 2. The molecule has 6 rings (SSSR count). The van der Waals surface area contributed by atoms with Crippen molar-refractivity contribution in [1.29, 1.82) is 0 Å². The van der Waals surface area contributed by atoms with Gasteiger partial charge in [0, 0.05) is 35.5 Å². The van der Waals surface area contributed by atoms with Crippen molar-refractivity contribution in [3.63, 3.8) is 0 Å². The SMILES string of the molecule is C[C@H](O)C(=O)Nc1cccc(CN2C(=O)[C@]3(O[C@H](CCn4cc(C(CO)c5ccccc5)nn4)[C@@H]([Si](C)(C)F)[C@@H]3C)c3ccccc32)c1. The zero-order valence-electron chi connectivity index (χ0n) is 27.6. The molecule has 0 bridgehead atoms. The second-order valence-electron chi connectivity index (χ2n) is 13.4. The minimum absolute atomic E-state index is 0.114. The fourth-order valence-electron chi connectivity index (χ4n) is 7.50. The molecule has 3 heterocycles. The summed E-state index contributed by atoms with van der Waals surface area (Å²) in [7, 11) is -3.36. The average molecular weight is 672 g/mol. The molecule has 6 atom stereocenters. The minimum atomic E-state index is -3.36. The van der Waals surface area contributed by atoms with Gasteiger partial charge in [0.25, 0.3) is 11.8 Å². The molecule has 3 N–H and O–H groups in total. The molecule has 4 aromatic rings. The topological polar surface area (TPSA) is 130 Å². The number of carbonyl (C=O) groups is 2. The molecule has 2 aliphatic rings. The summed E-state index contributed by atoms with van der Waals surface area (Å²) < 4.78 is 24.8. The highest BCUT2D eigenvalue weighted by Crippen LogP contribution is 2.60. The molecule has 1 aromatic heterocycles. The van der Waals surface area contributed by atoms with Crippen molar-refractivity contribution in [2.75, 3.05) is 16.8 Å². The first kappa shape index (κ1) is 33.7. The molecule has 1 spiro atoms. The summed E-state index contributed by atoms with van der Waals surface area (Å²) in [5, 5.41) is 31.1. The predicted molar refractivity (Wildman–Crippen MR) is 182 cm³/mol. The first-order chi connectivity index (χ1) is 22.9. The van der Waals surface area contributed by atoms with Crippen LogP contribution in [0.5, 0.6) is 0 Å². The molecule has 10 nitrogen and oxygen atoms in total. The third kappa shape index (κ3) is 6.21. The number of benzene rings is 3. The summed E-state index contributed by atoms with van der Waals surface area (Å²) in [5.41, 5.74) is 2.47. The lowest BCUT2D eigenvalue weighted by Gasteiger charge is -2.31. The van der Waals surface area contributed by atoms with E-state index in [0.29, 0.717) is 30.0 Å². The molecule has 0 aliphatic carbocycles. The van der Waals surface area contributed by atoms with E-state index in [1.807, 2.05) is 73.8 Å². The van der Waals surface area contributed by atoms with Crippen LogP contribution >= 0.6 is 0 Å². The Kier molecular flexibility index (Phi) is 9.36. The normalized spacial score (nSPS) is 23.4. The van der Waals surface area contributed by atoms with Crippen LogP contribution in [0.25, 0.3) is 0 Å². The van der Waals surface area contributed by atoms with Gasteiger partial charge in [0.1, 0.15) is 6.10 Å². The number of anilines is 2. The number of aliphatic hydroxyl groups excluding tert-OH is 2. The first-order valence-electron chi connectivity index (χ1n) is 16.4. The number of fused-ring (bicyclic) bond motifs is 2. The van der Waals surface area contributed by atoms with Crippen LogP contribution in [0, 0.1) is 5.92 Å². The van der Waals surface area contributed by atoms with Gasteiger partial charge in [0.15, 0.2) is 5.60 Å². The van der Waals surface area contributed by atoms with Gasteiger partial charge in [0.2, 0.25) is 8.41 Å². The number of ether oxygens (including phenoxy) is 1. The number of rotatable bonds is 11. The van der Waals surface area contributed by atoms with Gasteiger partial charge in [-0.2, -0.15) is 0 Å². The molecular weight excluding hydrogens is 630 g/mol. The Hall–Kier alpha value is -4.23. The van der Waals surface area contributed by atoms with Crippen molar-refractivity contribution in [1.82, 2.24) is 15.0 Å². The maximum absolute atomic E-state index is 16.3. The van der Waals surface area contributed by atoms with Gasteiger partial charge in [-0.15, -0.1) is 5.10 Å². The van der Waals surface area contributed by atoms with Crippen LogP contribution in [0.2, 0.25) is 18.6 Å². The maximum Gasteiger partial charge on any atom is 0.264 e. The monoisotopic (exact) mass is 671 g/mol.